The van der Waals surface area contributed by atoms with E-state index in [-0.39, 0.29) is 5.91 Å². The van der Waals surface area contributed by atoms with E-state index in [0.29, 0.717) is 45.7 Å². The number of rotatable bonds is 9. The number of amides is 1. The van der Waals surface area contributed by atoms with E-state index in [1.165, 1.54) is 32.4 Å². The highest BCUT2D eigenvalue weighted by Crippen LogP contribution is 2.35. The lowest BCUT2D eigenvalue weighted by molar-refractivity contribution is 0.0589. The number of carbonyl (C=O) groups is 1. The number of thioether (sulfide) groups is 1. The second-order valence-electron chi connectivity index (χ2n) is 11.5. The molecule has 0 unspecified atom stereocenters. The van der Waals surface area contributed by atoms with Gasteiger partial charge in [-0.3, -0.25) is 9.89 Å². The number of ether oxygens (including phenoxy) is 1. The molecule has 11 heteroatoms. The van der Waals surface area contributed by atoms with Gasteiger partial charge < -0.3 is 25.2 Å². The van der Waals surface area contributed by atoms with Crippen molar-refractivity contribution in [3.05, 3.63) is 54.2 Å². The Bertz CT molecular complexity index is 1560. The highest BCUT2D eigenvalue weighted by Gasteiger charge is 2.28. The van der Waals surface area contributed by atoms with Crippen LogP contribution in [0, 0.1) is 0 Å². The summed E-state index contributed by atoms with van der Waals surface area (Å²) in [5, 5.41) is 15.2. The Morgan fingerprint density at radius 2 is 1.79 bits per heavy atom. The summed E-state index contributed by atoms with van der Waals surface area (Å²) < 4.78 is 5.71. The fourth-order valence-electron chi connectivity index (χ4n) is 5.99. The van der Waals surface area contributed by atoms with E-state index < -0.39 is 0 Å². The Morgan fingerprint density at radius 1 is 1.00 bits per heavy atom. The zero-order chi connectivity index (χ0) is 29.8. The predicted octanol–water partition coefficient (Wildman–Crippen LogP) is 6.44. The molecule has 2 aromatic carbocycles. The number of piperidine rings is 2. The molecule has 10 nitrogen and oxygen atoms in total. The number of nitrogens with zero attached hydrogens (tertiary/aromatic N) is 5. The Balaban J connectivity index is 1.18. The van der Waals surface area contributed by atoms with Gasteiger partial charge in [0.15, 0.2) is 5.65 Å². The molecule has 0 spiro atoms. The minimum Gasteiger partial charge on any atom is -0.495 e. The number of hydrogen-bond donors (Lipinski definition) is 3. The third-order valence-electron chi connectivity index (χ3n) is 8.17. The van der Waals surface area contributed by atoms with Gasteiger partial charge in [0.05, 0.1) is 30.1 Å². The fraction of sp³-hybridized carbons (Fsp3) is 0.438. The maximum absolute atomic E-state index is 13.4. The van der Waals surface area contributed by atoms with Crippen molar-refractivity contribution < 1.29 is 9.53 Å². The van der Waals surface area contributed by atoms with Crippen molar-refractivity contribution in [2.24, 2.45) is 0 Å². The van der Waals surface area contributed by atoms with E-state index in [1.54, 1.807) is 31.1 Å². The van der Waals surface area contributed by atoms with Gasteiger partial charge in [0.25, 0.3) is 5.91 Å². The molecule has 0 radical (unpaired) electrons. The van der Waals surface area contributed by atoms with E-state index in [2.05, 4.69) is 50.6 Å². The molecular formula is C32H40N8O2S. The van der Waals surface area contributed by atoms with Gasteiger partial charge in [-0.05, 0) is 69.1 Å². The van der Waals surface area contributed by atoms with E-state index in [4.69, 9.17) is 9.72 Å². The number of para-hydroxylation sites is 1. The van der Waals surface area contributed by atoms with Gasteiger partial charge in [-0.25, -0.2) is 0 Å². The molecule has 2 aromatic heterocycles. The zero-order valence-electron chi connectivity index (χ0n) is 25.1. The first kappa shape index (κ1) is 29.3. The van der Waals surface area contributed by atoms with Crippen molar-refractivity contribution in [2.75, 3.05) is 43.9 Å². The molecule has 4 aromatic rings. The molecule has 6 rings (SSSR count). The first-order valence-electron chi connectivity index (χ1n) is 15.2. The van der Waals surface area contributed by atoms with Gasteiger partial charge in [-0.1, -0.05) is 32.4 Å². The standard InChI is InChI=1S/C32H40N8O2S/c1-21(2)43-28-10-6-5-9-26(28)34-29-24-20-33-38-30(24)37-32(36-29)35-25-12-11-22(19-27(25)42-3)31(41)40-17-13-23(14-18-40)39-15-7-4-8-16-39/h5-6,9-12,19-21,23H,4,7-8,13-18H2,1-3H3,(H3,33,34,35,36,37,38). The third kappa shape index (κ3) is 6.73. The molecule has 0 atom stereocenters. The summed E-state index contributed by atoms with van der Waals surface area (Å²) in [5.41, 5.74) is 2.86. The van der Waals surface area contributed by atoms with Crippen molar-refractivity contribution in [1.82, 2.24) is 30.0 Å². The van der Waals surface area contributed by atoms with Crippen LogP contribution in [0.25, 0.3) is 11.0 Å². The molecule has 0 bridgehead atoms. The zero-order valence-corrected chi connectivity index (χ0v) is 25.9. The Morgan fingerprint density at radius 3 is 2.56 bits per heavy atom. The highest BCUT2D eigenvalue weighted by molar-refractivity contribution is 8.00. The topological polar surface area (TPSA) is 111 Å². The highest BCUT2D eigenvalue weighted by atomic mass is 32.2. The van der Waals surface area contributed by atoms with Crippen molar-refractivity contribution in [3.63, 3.8) is 0 Å². The van der Waals surface area contributed by atoms with Crippen LogP contribution in [0.15, 0.2) is 53.6 Å². The lowest BCUT2D eigenvalue weighted by Crippen LogP contribution is -2.48. The summed E-state index contributed by atoms with van der Waals surface area (Å²) in [6.07, 6.45) is 7.72. The summed E-state index contributed by atoms with van der Waals surface area (Å²) >= 11 is 1.79. The van der Waals surface area contributed by atoms with Crippen LogP contribution >= 0.6 is 11.8 Å². The van der Waals surface area contributed by atoms with Crippen molar-refractivity contribution in [2.45, 2.75) is 62.1 Å². The maximum atomic E-state index is 13.4. The summed E-state index contributed by atoms with van der Waals surface area (Å²) in [4.78, 5) is 28.6. The van der Waals surface area contributed by atoms with Gasteiger partial charge in [-0.2, -0.15) is 15.1 Å². The van der Waals surface area contributed by atoms with E-state index >= 15 is 0 Å². The van der Waals surface area contributed by atoms with Crippen molar-refractivity contribution >= 4 is 51.8 Å². The largest absolute Gasteiger partial charge is 0.495 e. The molecule has 226 valence electrons. The van der Waals surface area contributed by atoms with E-state index in [0.717, 1.165) is 41.9 Å². The SMILES string of the molecule is COc1cc(C(=O)N2CCC(N3CCCCC3)CC2)ccc1Nc1nc(Nc2ccccc2SC(C)C)c2cn[nH]c2n1. The quantitative estimate of drug-likeness (QED) is 0.187. The Hall–Kier alpha value is -3.83. The van der Waals surface area contributed by atoms with Gasteiger partial charge in [-0.15, -0.1) is 11.8 Å². The summed E-state index contributed by atoms with van der Waals surface area (Å²) in [6, 6.07) is 14.3. The minimum absolute atomic E-state index is 0.0430. The monoisotopic (exact) mass is 600 g/mol. The number of anilines is 4. The first-order chi connectivity index (χ1) is 21.0. The molecule has 3 N–H and O–H groups in total. The lowest BCUT2D eigenvalue weighted by Gasteiger charge is -2.40. The molecule has 2 fully saturated rings. The minimum atomic E-state index is 0.0430. The normalized spacial score (nSPS) is 16.5. The van der Waals surface area contributed by atoms with Gasteiger partial charge in [0, 0.05) is 34.8 Å². The molecule has 2 aliphatic rings. The summed E-state index contributed by atoms with van der Waals surface area (Å²) in [5.74, 6) is 1.61. The van der Waals surface area contributed by atoms with Gasteiger partial charge in [0.1, 0.15) is 11.6 Å². The predicted molar refractivity (Wildman–Crippen MR) is 173 cm³/mol. The number of aromatic nitrogens is 4. The van der Waals surface area contributed by atoms with Crippen LogP contribution in [0.4, 0.5) is 23.1 Å². The van der Waals surface area contributed by atoms with Crippen LogP contribution in [0.2, 0.25) is 0 Å². The number of methoxy groups -OCH3 is 1. The van der Waals surface area contributed by atoms with Crippen LogP contribution in [0.5, 0.6) is 5.75 Å². The summed E-state index contributed by atoms with van der Waals surface area (Å²) in [6.45, 7) is 8.32. The second-order valence-corrected chi connectivity index (χ2v) is 13.1. The van der Waals surface area contributed by atoms with Crippen LogP contribution in [0.1, 0.15) is 56.3 Å². The number of benzene rings is 2. The number of fused-ring (bicyclic) bond motifs is 1. The fourth-order valence-corrected chi connectivity index (χ4v) is 6.90. The van der Waals surface area contributed by atoms with Crippen LogP contribution in [0.3, 0.4) is 0 Å². The third-order valence-corrected chi connectivity index (χ3v) is 9.25. The molecular weight excluding hydrogens is 560 g/mol. The van der Waals surface area contributed by atoms with Crippen molar-refractivity contribution in [3.8, 4) is 5.75 Å². The van der Waals surface area contributed by atoms with E-state index in [1.807, 2.05) is 35.2 Å². The number of carbonyl (C=O) groups excluding carboxylic acids is 1. The van der Waals surface area contributed by atoms with Crippen LogP contribution < -0.4 is 15.4 Å². The lowest BCUT2D eigenvalue weighted by atomic mass is 9.99. The van der Waals surface area contributed by atoms with Gasteiger partial charge >= 0.3 is 0 Å². The number of aromatic amines is 1. The molecule has 1 amide bonds. The number of nitrogens with one attached hydrogen (secondary N) is 3. The number of H-pyrrole nitrogens is 1. The second kappa shape index (κ2) is 13.2. The summed E-state index contributed by atoms with van der Waals surface area (Å²) in [7, 11) is 1.61. The molecule has 4 heterocycles. The Labute approximate surface area is 257 Å². The molecule has 0 aliphatic carbocycles. The average molecular weight is 601 g/mol. The average Bonchev–Trinajstić information content (AvgIpc) is 3.51. The molecule has 43 heavy (non-hydrogen) atoms. The first-order valence-corrected chi connectivity index (χ1v) is 16.1. The molecule has 0 saturated carbocycles. The number of hydrogen-bond acceptors (Lipinski definition) is 9. The molecule has 2 saturated heterocycles. The van der Waals surface area contributed by atoms with Crippen LogP contribution in [-0.2, 0) is 0 Å². The van der Waals surface area contributed by atoms with E-state index in [9.17, 15) is 4.79 Å². The Kier molecular flexibility index (Phi) is 8.99. The van der Waals surface area contributed by atoms with Crippen LogP contribution in [-0.4, -0.2) is 80.5 Å². The maximum Gasteiger partial charge on any atom is 0.253 e. The number of likely N-dealkylation sites (tertiary alicyclic amines) is 2. The smallest absolute Gasteiger partial charge is 0.253 e. The van der Waals surface area contributed by atoms with Gasteiger partial charge in [0.2, 0.25) is 5.95 Å². The van der Waals surface area contributed by atoms with Crippen molar-refractivity contribution in [1.29, 1.82) is 0 Å². The molecule has 2 aliphatic heterocycles.